The van der Waals surface area contributed by atoms with Gasteiger partial charge in [-0.25, -0.2) is 0 Å². The van der Waals surface area contributed by atoms with Crippen molar-refractivity contribution in [2.75, 3.05) is 26.2 Å². The summed E-state index contributed by atoms with van der Waals surface area (Å²) in [4.78, 5) is 29.4. The van der Waals surface area contributed by atoms with Gasteiger partial charge in [0, 0.05) is 19.6 Å². The van der Waals surface area contributed by atoms with Crippen LogP contribution in [0.1, 0.15) is 42.5 Å². The molecule has 3 fully saturated rings. The Bertz CT molecular complexity index is 686. The van der Waals surface area contributed by atoms with Crippen molar-refractivity contribution in [1.82, 2.24) is 9.80 Å². The van der Waals surface area contributed by atoms with Crippen LogP contribution in [0.3, 0.4) is 0 Å². The number of phenolic OH excluding ortho intramolecular Hbond substituents is 1. The Balaban J connectivity index is 1.50. The van der Waals surface area contributed by atoms with Crippen molar-refractivity contribution in [3.8, 4) is 5.75 Å². The van der Waals surface area contributed by atoms with Crippen LogP contribution in [0.5, 0.6) is 5.75 Å². The van der Waals surface area contributed by atoms with Crippen LogP contribution in [0.25, 0.3) is 0 Å². The first kappa shape index (κ1) is 16.4. The molecular formula is C19H24N2O4. The van der Waals surface area contributed by atoms with Crippen molar-refractivity contribution in [1.29, 1.82) is 0 Å². The lowest BCUT2D eigenvalue weighted by Crippen LogP contribution is -2.59. The van der Waals surface area contributed by atoms with E-state index in [9.17, 15) is 14.7 Å². The minimum atomic E-state index is -0.428. The molecule has 2 saturated heterocycles. The van der Waals surface area contributed by atoms with Crippen molar-refractivity contribution in [2.24, 2.45) is 0 Å². The average Bonchev–Trinajstić information content (AvgIpc) is 3.09. The van der Waals surface area contributed by atoms with E-state index < -0.39 is 6.04 Å². The van der Waals surface area contributed by atoms with E-state index in [0.29, 0.717) is 32.7 Å². The van der Waals surface area contributed by atoms with Crippen LogP contribution in [-0.2, 0) is 9.53 Å². The number of ether oxygens (including phenoxy) is 1. The molecule has 1 atom stereocenters. The summed E-state index contributed by atoms with van der Waals surface area (Å²) < 4.78 is 5.90. The highest BCUT2D eigenvalue weighted by Crippen LogP contribution is 2.38. The normalized spacial score (nSPS) is 25.0. The van der Waals surface area contributed by atoms with Gasteiger partial charge >= 0.3 is 0 Å². The number of benzene rings is 1. The van der Waals surface area contributed by atoms with Gasteiger partial charge in [-0.1, -0.05) is 12.1 Å². The predicted molar refractivity (Wildman–Crippen MR) is 91.3 cm³/mol. The summed E-state index contributed by atoms with van der Waals surface area (Å²) in [5, 5.41) is 9.96. The largest absolute Gasteiger partial charge is 0.507 e. The van der Waals surface area contributed by atoms with Crippen molar-refractivity contribution in [3.63, 3.8) is 0 Å². The van der Waals surface area contributed by atoms with E-state index in [0.717, 1.165) is 25.7 Å². The molecule has 1 spiro atoms. The average molecular weight is 344 g/mol. The lowest BCUT2D eigenvalue weighted by atomic mass is 9.78. The summed E-state index contributed by atoms with van der Waals surface area (Å²) in [6, 6.07) is 6.09. The van der Waals surface area contributed by atoms with Crippen molar-refractivity contribution < 1.29 is 19.4 Å². The lowest BCUT2D eigenvalue weighted by Gasteiger charge is -2.49. The molecule has 0 aromatic heterocycles. The smallest absolute Gasteiger partial charge is 0.258 e. The molecule has 4 rings (SSSR count). The maximum absolute atomic E-state index is 13.1. The third kappa shape index (κ3) is 2.88. The van der Waals surface area contributed by atoms with E-state index in [1.807, 2.05) is 4.90 Å². The van der Waals surface area contributed by atoms with Gasteiger partial charge in [-0.15, -0.1) is 0 Å². The third-order valence-electron chi connectivity index (χ3n) is 5.76. The first-order chi connectivity index (χ1) is 12.1. The monoisotopic (exact) mass is 344 g/mol. The number of hydrogen-bond donors (Lipinski definition) is 1. The molecule has 1 aromatic carbocycles. The molecule has 1 aromatic rings. The zero-order chi connectivity index (χ0) is 17.4. The molecule has 3 aliphatic rings. The highest BCUT2D eigenvalue weighted by molar-refractivity contribution is 5.99. The van der Waals surface area contributed by atoms with Gasteiger partial charge in [0.2, 0.25) is 5.91 Å². The van der Waals surface area contributed by atoms with Gasteiger partial charge in [0.05, 0.1) is 17.8 Å². The van der Waals surface area contributed by atoms with E-state index in [1.165, 1.54) is 6.07 Å². The number of carbonyl (C=O) groups excluding carboxylic acids is 2. The molecule has 6 heteroatoms. The Kier molecular flexibility index (Phi) is 4.15. The van der Waals surface area contributed by atoms with Crippen molar-refractivity contribution in [3.05, 3.63) is 29.8 Å². The molecule has 0 radical (unpaired) electrons. The number of carbonyl (C=O) groups is 2. The van der Waals surface area contributed by atoms with Gasteiger partial charge in [0.15, 0.2) is 0 Å². The molecule has 2 amide bonds. The zero-order valence-electron chi connectivity index (χ0n) is 14.3. The van der Waals surface area contributed by atoms with Gasteiger partial charge in [-0.3, -0.25) is 9.59 Å². The number of amides is 2. The summed E-state index contributed by atoms with van der Waals surface area (Å²) in [6.45, 7) is 2.36. The number of aromatic hydroxyl groups is 1. The zero-order valence-corrected chi connectivity index (χ0v) is 14.3. The van der Waals surface area contributed by atoms with Gasteiger partial charge in [0.25, 0.3) is 5.91 Å². The molecule has 1 saturated carbocycles. The second-order valence-electron chi connectivity index (χ2n) is 7.32. The van der Waals surface area contributed by atoms with E-state index in [2.05, 4.69) is 0 Å². The number of para-hydroxylation sites is 1. The molecule has 2 heterocycles. The standard InChI is InChI=1S/C19H24N2O4/c22-16-7-2-1-5-14(16)17(23)21-10-3-6-15(21)18(24)20-11-12-25-19(13-20)8-4-9-19/h1-2,5,7,15,22H,3-4,6,8-13H2. The third-order valence-corrected chi connectivity index (χ3v) is 5.76. The number of morpholine rings is 1. The first-order valence-corrected chi connectivity index (χ1v) is 9.11. The molecular weight excluding hydrogens is 320 g/mol. The molecule has 1 aliphatic carbocycles. The molecule has 0 bridgehead atoms. The minimum Gasteiger partial charge on any atom is -0.507 e. The Morgan fingerprint density at radius 3 is 2.68 bits per heavy atom. The molecule has 25 heavy (non-hydrogen) atoms. The SMILES string of the molecule is O=C(C1CCCN1C(=O)c1ccccc1O)N1CCOC2(CCC2)C1. The number of nitrogens with zero attached hydrogens (tertiary/aromatic N) is 2. The van der Waals surface area contributed by atoms with Crippen LogP contribution in [-0.4, -0.2) is 64.6 Å². The topological polar surface area (TPSA) is 70.1 Å². The Hall–Kier alpha value is -2.08. The van der Waals surface area contributed by atoms with Crippen molar-refractivity contribution >= 4 is 11.8 Å². The van der Waals surface area contributed by atoms with Gasteiger partial charge < -0.3 is 19.6 Å². The van der Waals surface area contributed by atoms with Crippen molar-refractivity contribution in [2.45, 2.75) is 43.7 Å². The molecule has 1 N–H and O–H groups in total. The van der Waals surface area contributed by atoms with E-state index in [-0.39, 0.29) is 28.7 Å². The van der Waals surface area contributed by atoms with Gasteiger partial charge in [-0.2, -0.15) is 0 Å². The highest BCUT2D eigenvalue weighted by Gasteiger charge is 2.45. The fourth-order valence-corrected chi connectivity index (χ4v) is 4.19. The second-order valence-corrected chi connectivity index (χ2v) is 7.32. The summed E-state index contributed by atoms with van der Waals surface area (Å²) in [7, 11) is 0. The van der Waals surface area contributed by atoms with Crippen LogP contribution in [0, 0.1) is 0 Å². The Morgan fingerprint density at radius 1 is 1.16 bits per heavy atom. The summed E-state index contributed by atoms with van der Waals surface area (Å²) in [5.41, 5.74) is 0.124. The van der Waals surface area contributed by atoms with Crippen LogP contribution in [0.2, 0.25) is 0 Å². The van der Waals surface area contributed by atoms with Gasteiger partial charge in [-0.05, 0) is 44.2 Å². The first-order valence-electron chi connectivity index (χ1n) is 9.11. The fraction of sp³-hybridized carbons (Fsp3) is 0.579. The Labute approximate surface area is 147 Å². The number of rotatable bonds is 2. The quantitative estimate of drug-likeness (QED) is 0.888. The molecule has 134 valence electrons. The predicted octanol–water partition coefficient (Wildman–Crippen LogP) is 1.78. The number of hydrogen-bond acceptors (Lipinski definition) is 4. The number of likely N-dealkylation sites (tertiary alicyclic amines) is 1. The molecule has 6 nitrogen and oxygen atoms in total. The second kappa shape index (κ2) is 6.33. The maximum atomic E-state index is 13.1. The maximum Gasteiger partial charge on any atom is 0.258 e. The number of phenols is 1. The van der Waals surface area contributed by atoms with E-state index in [4.69, 9.17) is 4.74 Å². The minimum absolute atomic E-state index is 0.0239. The summed E-state index contributed by atoms with van der Waals surface area (Å²) >= 11 is 0. The molecule has 1 unspecified atom stereocenters. The summed E-state index contributed by atoms with van der Waals surface area (Å²) in [6.07, 6.45) is 4.68. The Morgan fingerprint density at radius 2 is 1.96 bits per heavy atom. The molecule has 2 aliphatic heterocycles. The van der Waals surface area contributed by atoms with Crippen LogP contribution >= 0.6 is 0 Å². The highest BCUT2D eigenvalue weighted by atomic mass is 16.5. The lowest BCUT2D eigenvalue weighted by molar-refractivity contribution is -0.170. The van der Waals surface area contributed by atoms with E-state index >= 15 is 0 Å². The fourth-order valence-electron chi connectivity index (χ4n) is 4.19. The van der Waals surface area contributed by atoms with E-state index in [1.54, 1.807) is 23.1 Å². The summed E-state index contributed by atoms with van der Waals surface area (Å²) in [5.74, 6) is -0.276. The van der Waals surface area contributed by atoms with Crippen LogP contribution < -0.4 is 0 Å². The van der Waals surface area contributed by atoms with Crippen LogP contribution in [0.15, 0.2) is 24.3 Å². The van der Waals surface area contributed by atoms with Gasteiger partial charge in [0.1, 0.15) is 11.8 Å². The van der Waals surface area contributed by atoms with Crippen LogP contribution in [0.4, 0.5) is 0 Å².